The number of hydrogen-bond donors (Lipinski definition) is 2. The van der Waals surface area contributed by atoms with Gasteiger partial charge in [-0.1, -0.05) is 6.07 Å². The Kier molecular flexibility index (Phi) is 4.09. The minimum atomic E-state index is -0.934. The van der Waals surface area contributed by atoms with E-state index in [1.165, 1.54) is 6.07 Å². The fraction of sp³-hybridized carbons (Fsp3) is 0.385. The van der Waals surface area contributed by atoms with E-state index in [0.717, 1.165) is 12.1 Å². The zero-order chi connectivity index (χ0) is 13.8. The Balaban J connectivity index is 1.86. The van der Waals surface area contributed by atoms with Gasteiger partial charge in [0.2, 0.25) is 11.8 Å². The number of benzene rings is 1. The van der Waals surface area contributed by atoms with Gasteiger partial charge in [0.1, 0.15) is 0 Å². The highest BCUT2D eigenvalue weighted by atomic mass is 19.2. The van der Waals surface area contributed by atoms with Gasteiger partial charge in [0.25, 0.3) is 0 Å². The molecule has 2 amide bonds. The SMILES string of the molecule is O=C1CCC(C(=O)NCc2ccc(F)c(F)c2)CN1. The zero-order valence-electron chi connectivity index (χ0n) is 10.2. The molecular weight excluding hydrogens is 254 g/mol. The minimum Gasteiger partial charge on any atom is -0.355 e. The van der Waals surface area contributed by atoms with Crippen molar-refractivity contribution in [1.29, 1.82) is 0 Å². The molecule has 1 saturated heterocycles. The van der Waals surface area contributed by atoms with E-state index in [0.29, 0.717) is 24.9 Å². The summed E-state index contributed by atoms with van der Waals surface area (Å²) in [6, 6.07) is 3.50. The number of carbonyl (C=O) groups is 2. The molecule has 1 aliphatic rings. The third-order valence-corrected chi connectivity index (χ3v) is 3.09. The van der Waals surface area contributed by atoms with Gasteiger partial charge in [-0.25, -0.2) is 8.78 Å². The Bertz CT molecular complexity index is 495. The van der Waals surface area contributed by atoms with Gasteiger partial charge in [-0.05, 0) is 24.1 Å². The number of rotatable bonds is 3. The van der Waals surface area contributed by atoms with Gasteiger partial charge in [0.05, 0.1) is 5.92 Å². The van der Waals surface area contributed by atoms with Crippen LogP contribution in [0.15, 0.2) is 18.2 Å². The van der Waals surface area contributed by atoms with Crippen molar-refractivity contribution in [3.8, 4) is 0 Å². The number of nitrogens with one attached hydrogen (secondary N) is 2. The number of carbonyl (C=O) groups excluding carboxylic acids is 2. The standard InChI is InChI=1S/C13H14F2N2O2/c14-10-3-1-8(5-11(10)15)6-17-13(19)9-2-4-12(18)16-7-9/h1,3,5,9H,2,4,6-7H2,(H,16,18)(H,17,19). The van der Waals surface area contributed by atoms with E-state index >= 15 is 0 Å². The lowest BCUT2D eigenvalue weighted by atomic mass is 9.98. The quantitative estimate of drug-likeness (QED) is 0.862. The Morgan fingerprint density at radius 3 is 2.79 bits per heavy atom. The molecule has 1 fully saturated rings. The van der Waals surface area contributed by atoms with Crippen molar-refractivity contribution in [3.63, 3.8) is 0 Å². The highest BCUT2D eigenvalue weighted by Crippen LogP contribution is 2.12. The molecule has 1 heterocycles. The molecule has 0 aliphatic carbocycles. The highest BCUT2D eigenvalue weighted by Gasteiger charge is 2.24. The third-order valence-electron chi connectivity index (χ3n) is 3.09. The van der Waals surface area contributed by atoms with Gasteiger partial charge in [-0.3, -0.25) is 9.59 Å². The molecule has 0 bridgehead atoms. The predicted molar refractivity (Wildman–Crippen MR) is 63.9 cm³/mol. The van der Waals surface area contributed by atoms with Crippen LogP contribution >= 0.6 is 0 Å². The normalized spacial score (nSPS) is 18.8. The summed E-state index contributed by atoms with van der Waals surface area (Å²) < 4.78 is 25.7. The number of piperidine rings is 1. The molecular formula is C13H14F2N2O2. The first-order chi connectivity index (χ1) is 9.06. The molecule has 6 heteroatoms. The Hall–Kier alpha value is -1.98. The molecule has 0 spiro atoms. The third kappa shape index (κ3) is 3.49. The lowest BCUT2D eigenvalue weighted by Crippen LogP contribution is -2.42. The Morgan fingerprint density at radius 1 is 1.37 bits per heavy atom. The summed E-state index contributed by atoms with van der Waals surface area (Å²) in [4.78, 5) is 22.8. The van der Waals surface area contributed by atoms with E-state index in [2.05, 4.69) is 10.6 Å². The largest absolute Gasteiger partial charge is 0.355 e. The summed E-state index contributed by atoms with van der Waals surface area (Å²) in [5, 5.41) is 5.27. The van der Waals surface area contributed by atoms with Crippen LogP contribution in [0.2, 0.25) is 0 Å². The number of amides is 2. The van der Waals surface area contributed by atoms with Gasteiger partial charge in [0, 0.05) is 19.5 Å². The van der Waals surface area contributed by atoms with Crippen molar-refractivity contribution in [1.82, 2.24) is 10.6 Å². The van der Waals surface area contributed by atoms with Crippen LogP contribution in [0.3, 0.4) is 0 Å². The first-order valence-electron chi connectivity index (χ1n) is 6.04. The van der Waals surface area contributed by atoms with Gasteiger partial charge < -0.3 is 10.6 Å². The minimum absolute atomic E-state index is 0.0512. The first kappa shape index (κ1) is 13.5. The van der Waals surface area contributed by atoms with Crippen molar-refractivity contribution < 1.29 is 18.4 Å². The summed E-state index contributed by atoms with van der Waals surface area (Å²) >= 11 is 0. The van der Waals surface area contributed by atoms with E-state index in [1.807, 2.05) is 0 Å². The highest BCUT2D eigenvalue weighted by molar-refractivity contribution is 5.83. The molecule has 102 valence electrons. The summed E-state index contributed by atoms with van der Waals surface area (Å²) in [5.74, 6) is -2.35. The molecule has 1 aromatic rings. The van der Waals surface area contributed by atoms with Crippen molar-refractivity contribution in [2.24, 2.45) is 5.92 Å². The van der Waals surface area contributed by atoms with Crippen LogP contribution < -0.4 is 10.6 Å². The van der Waals surface area contributed by atoms with Gasteiger partial charge >= 0.3 is 0 Å². The zero-order valence-corrected chi connectivity index (χ0v) is 10.2. The second-order valence-electron chi connectivity index (χ2n) is 4.51. The van der Waals surface area contributed by atoms with Crippen molar-refractivity contribution in [3.05, 3.63) is 35.4 Å². The average molecular weight is 268 g/mol. The molecule has 1 unspecified atom stereocenters. The van der Waals surface area contributed by atoms with E-state index in [4.69, 9.17) is 0 Å². The Labute approximate surface area is 109 Å². The van der Waals surface area contributed by atoms with E-state index < -0.39 is 11.6 Å². The summed E-state index contributed by atoms with van der Waals surface area (Å²) in [6.07, 6.45) is 0.846. The summed E-state index contributed by atoms with van der Waals surface area (Å²) in [6.45, 7) is 0.461. The smallest absolute Gasteiger partial charge is 0.225 e. The maximum Gasteiger partial charge on any atom is 0.225 e. The molecule has 4 nitrogen and oxygen atoms in total. The van der Waals surface area contributed by atoms with Gasteiger partial charge in [0.15, 0.2) is 11.6 Å². The van der Waals surface area contributed by atoms with Gasteiger partial charge in [-0.2, -0.15) is 0 Å². The van der Waals surface area contributed by atoms with Crippen LogP contribution in [0.5, 0.6) is 0 Å². The fourth-order valence-corrected chi connectivity index (χ4v) is 1.94. The lowest BCUT2D eigenvalue weighted by molar-refractivity contribution is -0.129. The van der Waals surface area contributed by atoms with Gasteiger partial charge in [-0.15, -0.1) is 0 Å². The molecule has 1 aromatic carbocycles. The van der Waals surface area contributed by atoms with Crippen LogP contribution in [0.4, 0.5) is 8.78 Å². The van der Waals surface area contributed by atoms with Crippen LogP contribution in [0, 0.1) is 17.6 Å². The van der Waals surface area contributed by atoms with Crippen LogP contribution in [0.25, 0.3) is 0 Å². The van der Waals surface area contributed by atoms with Crippen molar-refractivity contribution in [2.75, 3.05) is 6.54 Å². The topological polar surface area (TPSA) is 58.2 Å². The number of hydrogen-bond acceptors (Lipinski definition) is 2. The first-order valence-corrected chi connectivity index (χ1v) is 6.04. The molecule has 0 saturated carbocycles. The summed E-state index contributed by atoms with van der Waals surface area (Å²) in [5.41, 5.74) is 0.493. The lowest BCUT2D eigenvalue weighted by Gasteiger charge is -2.21. The van der Waals surface area contributed by atoms with E-state index in [1.54, 1.807) is 0 Å². The van der Waals surface area contributed by atoms with Crippen LogP contribution in [-0.2, 0) is 16.1 Å². The second kappa shape index (κ2) is 5.77. The molecule has 2 N–H and O–H groups in total. The molecule has 0 radical (unpaired) electrons. The van der Waals surface area contributed by atoms with Crippen molar-refractivity contribution >= 4 is 11.8 Å². The Morgan fingerprint density at radius 2 is 2.16 bits per heavy atom. The van der Waals surface area contributed by atoms with Crippen LogP contribution in [-0.4, -0.2) is 18.4 Å². The molecule has 1 atom stereocenters. The molecule has 0 aromatic heterocycles. The maximum absolute atomic E-state index is 13.0. The fourth-order valence-electron chi connectivity index (χ4n) is 1.94. The average Bonchev–Trinajstić information content (AvgIpc) is 2.40. The molecule has 2 rings (SSSR count). The van der Waals surface area contributed by atoms with Crippen molar-refractivity contribution in [2.45, 2.75) is 19.4 Å². The summed E-state index contributed by atoms with van der Waals surface area (Å²) in [7, 11) is 0. The predicted octanol–water partition coefficient (Wildman–Crippen LogP) is 1.11. The monoisotopic (exact) mass is 268 g/mol. The number of halogens is 2. The van der Waals surface area contributed by atoms with E-state index in [-0.39, 0.29) is 24.3 Å². The maximum atomic E-state index is 13.0. The second-order valence-corrected chi connectivity index (χ2v) is 4.51. The molecule has 1 aliphatic heterocycles. The molecule has 19 heavy (non-hydrogen) atoms. The van der Waals surface area contributed by atoms with E-state index in [9.17, 15) is 18.4 Å². The van der Waals surface area contributed by atoms with Crippen LogP contribution in [0.1, 0.15) is 18.4 Å².